The first-order valence-electron chi connectivity index (χ1n) is 6.36. The van der Waals surface area contributed by atoms with Crippen LogP contribution in [0.25, 0.3) is 0 Å². The van der Waals surface area contributed by atoms with Crippen molar-refractivity contribution in [2.24, 2.45) is 0 Å². The fourth-order valence-electron chi connectivity index (χ4n) is 1.87. The molecule has 1 aromatic heterocycles. The highest BCUT2D eigenvalue weighted by atomic mass is 19.3. The number of benzene rings is 1. The standard InChI is InChI=1S/C15H16F2N2O2/c1-10-5-6-18-9-12(10)19-8-11-3-4-13(20-2)14(7-11)21-15(16)17/h3-7,9,15,19H,8H2,1-2H3. The number of halogens is 2. The monoisotopic (exact) mass is 294 g/mol. The highest BCUT2D eigenvalue weighted by Gasteiger charge is 2.11. The van der Waals surface area contributed by atoms with Crippen LogP contribution in [0.5, 0.6) is 11.5 Å². The van der Waals surface area contributed by atoms with Crippen molar-refractivity contribution >= 4 is 5.69 Å². The Balaban J connectivity index is 2.12. The highest BCUT2D eigenvalue weighted by Crippen LogP contribution is 2.29. The molecule has 0 aliphatic rings. The van der Waals surface area contributed by atoms with Gasteiger partial charge in [-0.25, -0.2) is 0 Å². The maximum absolute atomic E-state index is 12.4. The number of anilines is 1. The number of methoxy groups -OCH3 is 1. The average Bonchev–Trinajstić information content (AvgIpc) is 2.46. The second-order valence-electron chi connectivity index (χ2n) is 4.41. The second-order valence-corrected chi connectivity index (χ2v) is 4.41. The molecule has 0 bridgehead atoms. The summed E-state index contributed by atoms with van der Waals surface area (Å²) in [4.78, 5) is 4.04. The van der Waals surface area contributed by atoms with E-state index < -0.39 is 6.61 Å². The summed E-state index contributed by atoms with van der Waals surface area (Å²) in [6.45, 7) is -0.456. The van der Waals surface area contributed by atoms with Crippen LogP contribution in [0, 0.1) is 6.92 Å². The van der Waals surface area contributed by atoms with E-state index in [4.69, 9.17) is 4.74 Å². The molecule has 4 nitrogen and oxygen atoms in total. The normalized spacial score (nSPS) is 10.5. The van der Waals surface area contributed by atoms with E-state index in [0.29, 0.717) is 6.54 Å². The Hall–Kier alpha value is -2.37. The number of pyridine rings is 1. The zero-order chi connectivity index (χ0) is 15.2. The van der Waals surface area contributed by atoms with Gasteiger partial charge in [0, 0.05) is 12.7 Å². The van der Waals surface area contributed by atoms with E-state index in [1.54, 1.807) is 24.5 Å². The zero-order valence-electron chi connectivity index (χ0n) is 11.8. The Labute approximate surface area is 121 Å². The Morgan fingerprint density at radius 3 is 2.71 bits per heavy atom. The van der Waals surface area contributed by atoms with E-state index in [9.17, 15) is 8.78 Å². The van der Waals surface area contributed by atoms with Crippen molar-refractivity contribution in [1.29, 1.82) is 0 Å². The lowest BCUT2D eigenvalue weighted by atomic mass is 10.2. The molecule has 0 aliphatic carbocycles. The molecule has 0 atom stereocenters. The fourth-order valence-corrected chi connectivity index (χ4v) is 1.87. The van der Waals surface area contributed by atoms with Crippen molar-refractivity contribution in [3.63, 3.8) is 0 Å². The van der Waals surface area contributed by atoms with E-state index >= 15 is 0 Å². The molecule has 1 N–H and O–H groups in total. The van der Waals surface area contributed by atoms with Crippen LogP contribution < -0.4 is 14.8 Å². The van der Waals surface area contributed by atoms with Gasteiger partial charge in [-0.1, -0.05) is 6.07 Å². The van der Waals surface area contributed by atoms with Gasteiger partial charge in [-0.2, -0.15) is 8.78 Å². The lowest BCUT2D eigenvalue weighted by Crippen LogP contribution is -2.06. The zero-order valence-corrected chi connectivity index (χ0v) is 11.8. The van der Waals surface area contributed by atoms with Crippen LogP contribution in [0.4, 0.5) is 14.5 Å². The van der Waals surface area contributed by atoms with Crippen molar-refractivity contribution < 1.29 is 18.3 Å². The maximum atomic E-state index is 12.4. The van der Waals surface area contributed by atoms with E-state index in [0.717, 1.165) is 16.8 Å². The molecule has 1 heterocycles. The quantitative estimate of drug-likeness (QED) is 0.884. The number of aromatic nitrogens is 1. The molecule has 0 unspecified atom stereocenters. The SMILES string of the molecule is COc1ccc(CNc2cnccc2C)cc1OC(F)F. The molecule has 0 spiro atoms. The third-order valence-corrected chi connectivity index (χ3v) is 2.97. The first-order valence-corrected chi connectivity index (χ1v) is 6.36. The number of hydrogen-bond donors (Lipinski definition) is 1. The summed E-state index contributed by atoms with van der Waals surface area (Å²) in [6, 6.07) is 6.81. The minimum absolute atomic E-state index is 0.0229. The minimum Gasteiger partial charge on any atom is -0.493 e. The van der Waals surface area contributed by atoms with E-state index in [2.05, 4.69) is 15.0 Å². The van der Waals surface area contributed by atoms with E-state index in [1.165, 1.54) is 13.2 Å². The molecule has 2 aromatic rings. The van der Waals surface area contributed by atoms with Crippen LogP contribution in [0.2, 0.25) is 0 Å². The summed E-state index contributed by atoms with van der Waals surface area (Å²) in [6.07, 6.45) is 3.43. The molecular formula is C15H16F2N2O2. The maximum Gasteiger partial charge on any atom is 0.387 e. The summed E-state index contributed by atoms with van der Waals surface area (Å²) in [7, 11) is 1.41. The van der Waals surface area contributed by atoms with Crippen LogP contribution >= 0.6 is 0 Å². The van der Waals surface area contributed by atoms with Crippen molar-refractivity contribution in [3.05, 3.63) is 47.8 Å². The van der Waals surface area contributed by atoms with Crippen LogP contribution in [-0.4, -0.2) is 18.7 Å². The predicted octanol–water partition coefficient (Wildman–Crippen LogP) is 3.61. The number of aryl methyl sites for hydroxylation is 1. The molecule has 0 amide bonds. The minimum atomic E-state index is -2.89. The molecule has 0 fully saturated rings. The summed E-state index contributed by atoms with van der Waals surface area (Å²) >= 11 is 0. The summed E-state index contributed by atoms with van der Waals surface area (Å²) in [5, 5.41) is 3.20. The molecule has 1 aromatic carbocycles. The van der Waals surface area contributed by atoms with Gasteiger partial charge in [0.05, 0.1) is 19.0 Å². The number of hydrogen-bond acceptors (Lipinski definition) is 4. The van der Waals surface area contributed by atoms with Crippen LogP contribution in [0.15, 0.2) is 36.7 Å². The van der Waals surface area contributed by atoms with Crippen molar-refractivity contribution in [1.82, 2.24) is 4.98 Å². The van der Waals surface area contributed by atoms with Crippen molar-refractivity contribution in [3.8, 4) is 11.5 Å². The lowest BCUT2D eigenvalue weighted by Gasteiger charge is -2.13. The molecular weight excluding hydrogens is 278 g/mol. The summed E-state index contributed by atoms with van der Waals surface area (Å²) in [5.74, 6) is 0.298. The lowest BCUT2D eigenvalue weighted by molar-refractivity contribution is -0.0512. The molecule has 0 aliphatic heterocycles. The molecule has 0 radical (unpaired) electrons. The Morgan fingerprint density at radius 2 is 2.05 bits per heavy atom. The van der Waals surface area contributed by atoms with Gasteiger partial charge in [0.2, 0.25) is 0 Å². The van der Waals surface area contributed by atoms with Gasteiger partial charge in [-0.3, -0.25) is 4.98 Å². The van der Waals surface area contributed by atoms with Gasteiger partial charge >= 0.3 is 6.61 Å². The Bertz CT molecular complexity index is 606. The summed E-state index contributed by atoms with van der Waals surface area (Å²) in [5.41, 5.74) is 2.75. The predicted molar refractivity (Wildman–Crippen MR) is 75.9 cm³/mol. The van der Waals surface area contributed by atoms with Gasteiger partial charge in [0.25, 0.3) is 0 Å². The van der Waals surface area contributed by atoms with Crippen molar-refractivity contribution in [2.75, 3.05) is 12.4 Å². The van der Waals surface area contributed by atoms with Gasteiger partial charge < -0.3 is 14.8 Å². The van der Waals surface area contributed by atoms with Crippen LogP contribution in [-0.2, 0) is 6.54 Å². The first-order chi connectivity index (χ1) is 10.1. The number of nitrogens with one attached hydrogen (secondary N) is 1. The number of nitrogens with zero attached hydrogens (tertiary/aromatic N) is 1. The largest absolute Gasteiger partial charge is 0.493 e. The molecule has 21 heavy (non-hydrogen) atoms. The van der Waals surface area contributed by atoms with Gasteiger partial charge in [0.15, 0.2) is 11.5 Å². The van der Waals surface area contributed by atoms with Gasteiger partial charge in [0.1, 0.15) is 0 Å². The molecule has 6 heteroatoms. The first kappa shape index (κ1) is 15.0. The number of alkyl halides is 2. The molecule has 0 saturated carbocycles. The third-order valence-electron chi connectivity index (χ3n) is 2.97. The van der Waals surface area contributed by atoms with Crippen molar-refractivity contribution in [2.45, 2.75) is 20.1 Å². The smallest absolute Gasteiger partial charge is 0.387 e. The van der Waals surface area contributed by atoms with Gasteiger partial charge in [-0.05, 0) is 36.2 Å². The third kappa shape index (κ3) is 4.05. The topological polar surface area (TPSA) is 43.4 Å². The Kier molecular flexibility index (Phi) is 4.92. The highest BCUT2D eigenvalue weighted by molar-refractivity contribution is 5.49. The molecule has 0 saturated heterocycles. The average molecular weight is 294 g/mol. The van der Waals surface area contributed by atoms with E-state index in [-0.39, 0.29) is 11.5 Å². The van der Waals surface area contributed by atoms with Crippen LogP contribution in [0.3, 0.4) is 0 Å². The summed E-state index contributed by atoms with van der Waals surface area (Å²) < 4.78 is 34.2. The molecule has 2 rings (SSSR count). The fraction of sp³-hybridized carbons (Fsp3) is 0.267. The van der Waals surface area contributed by atoms with E-state index in [1.807, 2.05) is 13.0 Å². The molecule has 112 valence electrons. The number of ether oxygens (including phenoxy) is 2. The number of rotatable bonds is 6. The Morgan fingerprint density at radius 1 is 1.24 bits per heavy atom. The van der Waals surface area contributed by atoms with Gasteiger partial charge in [-0.15, -0.1) is 0 Å². The van der Waals surface area contributed by atoms with Crippen LogP contribution in [0.1, 0.15) is 11.1 Å². The second kappa shape index (κ2) is 6.88.